The van der Waals surface area contributed by atoms with Gasteiger partial charge in [0.15, 0.2) is 5.78 Å². The molecule has 1 aliphatic carbocycles. The molecule has 4 heterocycles. The van der Waals surface area contributed by atoms with Gasteiger partial charge in [-0.2, -0.15) is 4.39 Å². The Kier molecular flexibility index (Phi) is 4.58. The number of aryl methyl sites for hydroxylation is 1. The number of rotatable bonds is 6. The second kappa shape index (κ2) is 7.42. The third kappa shape index (κ3) is 3.58. The quantitative estimate of drug-likeness (QED) is 0.364. The Hall–Kier alpha value is -3.88. The Morgan fingerprint density at radius 3 is 2.71 bits per heavy atom. The van der Waals surface area contributed by atoms with Crippen LogP contribution in [-0.2, 0) is 0 Å². The average Bonchev–Trinajstić information content (AvgIpc) is 3.53. The third-order valence-corrected chi connectivity index (χ3v) is 5.40. The second-order valence-corrected chi connectivity index (χ2v) is 7.64. The van der Waals surface area contributed by atoms with Crippen LogP contribution in [0.4, 0.5) is 21.7 Å². The number of carbonyl (C=O) groups excluding carboxylic acids is 1. The molecule has 0 radical (unpaired) electrons. The highest BCUT2D eigenvalue weighted by molar-refractivity contribution is 6.18. The van der Waals surface area contributed by atoms with Crippen molar-refractivity contribution in [1.29, 1.82) is 0 Å². The molecule has 0 atom stereocenters. The van der Waals surface area contributed by atoms with Crippen LogP contribution >= 0.6 is 0 Å². The van der Waals surface area contributed by atoms with Crippen molar-refractivity contribution in [2.75, 3.05) is 17.3 Å². The second-order valence-electron chi connectivity index (χ2n) is 7.64. The summed E-state index contributed by atoms with van der Waals surface area (Å²) in [5.74, 6) is -0.370. The number of aromatic nitrogens is 5. The molecular weight excluding hydrogens is 397 g/mol. The third-order valence-electron chi connectivity index (χ3n) is 5.40. The van der Waals surface area contributed by atoms with Crippen LogP contribution in [0.25, 0.3) is 11.0 Å². The van der Waals surface area contributed by atoms with Crippen LogP contribution in [0.1, 0.15) is 34.5 Å². The normalized spacial score (nSPS) is 13.4. The highest BCUT2D eigenvalue weighted by Crippen LogP contribution is 2.34. The summed E-state index contributed by atoms with van der Waals surface area (Å²) >= 11 is 0. The van der Waals surface area contributed by atoms with Crippen molar-refractivity contribution < 1.29 is 9.18 Å². The molecule has 0 spiro atoms. The number of anilines is 3. The van der Waals surface area contributed by atoms with Crippen molar-refractivity contribution >= 4 is 34.1 Å². The molecule has 0 aliphatic heterocycles. The smallest absolute Gasteiger partial charge is 0.226 e. The molecule has 31 heavy (non-hydrogen) atoms. The van der Waals surface area contributed by atoms with Gasteiger partial charge in [-0.15, -0.1) is 0 Å². The van der Waals surface area contributed by atoms with Crippen LogP contribution in [-0.4, -0.2) is 43.8 Å². The molecule has 0 unspecified atom stereocenters. The molecule has 2 N–H and O–H groups in total. The molecule has 156 valence electrons. The van der Waals surface area contributed by atoms with Gasteiger partial charge in [-0.05, 0) is 44.0 Å². The number of aromatic amines is 1. The lowest BCUT2D eigenvalue weighted by Crippen LogP contribution is -2.21. The first-order valence-corrected chi connectivity index (χ1v) is 9.97. The number of nitrogens with one attached hydrogen (secondary N) is 2. The number of fused-ring (bicyclic) bond motifs is 1. The van der Waals surface area contributed by atoms with Gasteiger partial charge in [0.1, 0.15) is 23.6 Å². The summed E-state index contributed by atoms with van der Waals surface area (Å²) in [6.45, 7) is 1.88. The van der Waals surface area contributed by atoms with E-state index in [1.54, 1.807) is 18.5 Å². The van der Waals surface area contributed by atoms with E-state index in [4.69, 9.17) is 0 Å². The van der Waals surface area contributed by atoms with E-state index in [-0.39, 0.29) is 11.4 Å². The molecule has 8 nitrogen and oxygen atoms in total. The van der Waals surface area contributed by atoms with E-state index in [9.17, 15) is 9.18 Å². The predicted molar refractivity (Wildman–Crippen MR) is 115 cm³/mol. The molecule has 4 aromatic heterocycles. The summed E-state index contributed by atoms with van der Waals surface area (Å²) in [4.78, 5) is 35.0. The maximum atomic E-state index is 14.8. The number of carbonyl (C=O) groups is 1. The van der Waals surface area contributed by atoms with Gasteiger partial charge in [-0.3, -0.25) is 9.78 Å². The molecule has 1 fully saturated rings. The minimum atomic E-state index is -0.849. The first-order valence-electron chi connectivity index (χ1n) is 9.97. The van der Waals surface area contributed by atoms with Gasteiger partial charge in [0, 0.05) is 25.0 Å². The number of nitrogens with zero attached hydrogens (tertiary/aromatic N) is 5. The molecule has 5 rings (SSSR count). The topological polar surface area (TPSA) is 99.7 Å². The van der Waals surface area contributed by atoms with E-state index >= 15 is 0 Å². The number of hydrogen-bond donors (Lipinski definition) is 2. The predicted octanol–water partition coefficient (Wildman–Crippen LogP) is 3.77. The monoisotopic (exact) mass is 417 g/mol. The van der Waals surface area contributed by atoms with Crippen molar-refractivity contribution in [2.24, 2.45) is 0 Å². The van der Waals surface area contributed by atoms with Crippen molar-refractivity contribution in [3.05, 3.63) is 65.8 Å². The van der Waals surface area contributed by atoms with Crippen molar-refractivity contribution in [3.8, 4) is 0 Å². The maximum absolute atomic E-state index is 14.8. The minimum absolute atomic E-state index is 0.114. The average molecular weight is 417 g/mol. The minimum Gasteiger partial charge on any atom is -0.356 e. The van der Waals surface area contributed by atoms with Crippen LogP contribution in [0, 0.1) is 12.9 Å². The lowest BCUT2D eigenvalue weighted by Gasteiger charge is -2.18. The van der Waals surface area contributed by atoms with E-state index < -0.39 is 11.7 Å². The maximum Gasteiger partial charge on any atom is 0.226 e. The van der Waals surface area contributed by atoms with Crippen molar-refractivity contribution in [1.82, 2.24) is 24.9 Å². The van der Waals surface area contributed by atoms with Crippen molar-refractivity contribution in [2.45, 2.75) is 25.8 Å². The summed E-state index contributed by atoms with van der Waals surface area (Å²) in [5, 5.41) is 3.58. The van der Waals surface area contributed by atoms with E-state index in [0.29, 0.717) is 34.1 Å². The molecule has 0 aromatic carbocycles. The number of ketones is 1. The van der Waals surface area contributed by atoms with Gasteiger partial charge >= 0.3 is 0 Å². The van der Waals surface area contributed by atoms with E-state index in [1.165, 1.54) is 12.4 Å². The molecule has 4 aromatic rings. The summed E-state index contributed by atoms with van der Waals surface area (Å²) in [5.41, 5.74) is 2.30. The van der Waals surface area contributed by atoms with Crippen LogP contribution in [0.2, 0.25) is 0 Å². The van der Waals surface area contributed by atoms with Gasteiger partial charge in [0.25, 0.3) is 0 Å². The molecule has 0 saturated heterocycles. The fourth-order valence-corrected chi connectivity index (χ4v) is 3.54. The zero-order valence-electron chi connectivity index (χ0n) is 17.1. The number of H-pyrrole nitrogens is 1. The van der Waals surface area contributed by atoms with Crippen LogP contribution in [0.3, 0.4) is 0 Å². The first-order chi connectivity index (χ1) is 15.0. The summed E-state index contributed by atoms with van der Waals surface area (Å²) in [6, 6.07) is 7.06. The van der Waals surface area contributed by atoms with Gasteiger partial charge in [-0.25, -0.2) is 15.0 Å². The molecule has 1 saturated carbocycles. The van der Waals surface area contributed by atoms with Crippen LogP contribution in [0.5, 0.6) is 0 Å². The molecule has 9 heteroatoms. The Balaban J connectivity index is 1.47. The Labute approximate surface area is 177 Å². The van der Waals surface area contributed by atoms with Gasteiger partial charge in [-0.1, -0.05) is 0 Å². The first kappa shape index (κ1) is 19.1. The van der Waals surface area contributed by atoms with E-state index in [0.717, 1.165) is 18.5 Å². The van der Waals surface area contributed by atoms with E-state index in [1.807, 2.05) is 31.0 Å². The fourth-order valence-electron chi connectivity index (χ4n) is 3.54. The zero-order valence-corrected chi connectivity index (χ0v) is 17.1. The largest absolute Gasteiger partial charge is 0.356 e. The number of pyridine rings is 2. The Morgan fingerprint density at radius 2 is 2.00 bits per heavy atom. The molecule has 1 aliphatic rings. The Bertz CT molecular complexity index is 1280. The zero-order chi connectivity index (χ0) is 21.5. The lowest BCUT2D eigenvalue weighted by atomic mass is 10.0. The fraction of sp³-hybridized carbons (Fsp3) is 0.227. The highest BCUT2D eigenvalue weighted by Gasteiger charge is 2.30. The van der Waals surface area contributed by atoms with Gasteiger partial charge in [0.2, 0.25) is 5.95 Å². The molecular formula is C22H20FN7O. The summed E-state index contributed by atoms with van der Waals surface area (Å²) in [7, 11) is 1.95. The van der Waals surface area contributed by atoms with Crippen LogP contribution < -0.4 is 10.2 Å². The van der Waals surface area contributed by atoms with E-state index in [2.05, 4.69) is 30.2 Å². The molecule has 0 bridgehead atoms. The lowest BCUT2D eigenvalue weighted by molar-refractivity contribution is 0.103. The number of halogens is 1. The number of hydrogen-bond acceptors (Lipinski definition) is 7. The van der Waals surface area contributed by atoms with Crippen LogP contribution in [0.15, 0.2) is 43.0 Å². The van der Waals surface area contributed by atoms with Gasteiger partial charge < -0.3 is 15.2 Å². The highest BCUT2D eigenvalue weighted by atomic mass is 19.1. The summed E-state index contributed by atoms with van der Waals surface area (Å²) in [6.07, 6.45) is 6.82. The summed E-state index contributed by atoms with van der Waals surface area (Å²) < 4.78 is 14.8. The van der Waals surface area contributed by atoms with Crippen molar-refractivity contribution in [3.63, 3.8) is 0 Å². The standard InChI is InChI=1S/C22H20FN7O/c1-12-3-4-13(9-24-12)28-17-8-7-15(20(23)29-17)19(31)16-10-25-21-18(16)22(27-11-26-21)30(2)14-5-6-14/h3-4,7-11,14H,5-6H2,1-2H3,(H,28,29)(H,25,26,27). The molecule has 0 amide bonds. The van der Waals surface area contributed by atoms with Gasteiger partial charge in [0.05, 0.1) is 28.4 Å². The Morgan fingerprint density at radius 1 is 1.16 bits per heavy atom. The SMILES string of the molecule is Cc1ccc(Nc2ccc(C(=O)c3c[nH]c4ncnc(N(C)C5CC5)c34)c(F)n2)cn1.